The van der Waals surface area contributed by atoms with E-state index < -0.39 is 11.2 Å². The molecule has 2 N–H and O–H groups in total. The average Bonchev–Trinajstić information content (AvgIpc) is 2.59. The SMILES string of the molecule is NCc1ccc2nc(C(F)(F)F)sc2c1. The van der Waals surface area contributed by atoms with Gasteiger partial charge in [0.05, 0.1) is 10.2 Å². The number of hydrogen-bond donors (Lipinski definition) is 1. The van der Waals surface area contributed by atoms with Gasteiger partial charge in [0.2, 0.25) is 0 Å². The Morgan fingerprint density at radius 1 is 1.33 bits per heavy atom. The Morgan fingerprint density at radius 2 is 2.07 bits per heavy atom. The van der Waals surface area contributed by atoms with Crippen LogP contribution in [0.4, 0.5) is 13.2 Å². The molecule has 0 fully saturated rings. The fraction of sp³-hybridized carbons (Fsp3) is 0.222. The second kappa shape index (κ2) is 3.46. The van der Waals surface area contributed by atoms with E-state index in [0.29, 0.717) is 28.1 Å². The van der Waals surface area contributed by atoms with E-state index in [0.717, 1.165) is 5.56 Å². The predicted molar refractivity (Wildman–Crippen MR) is 52.5 cm³/mol. The summed E-state index contributed by atoms with van der Waals surface area (Å²) in [5.74, 6) is 0. The number of halogens is 3. The molecule has 0 aliphatic rings. The summed E-state index contributed by atoms with van der Waals surface area (Å²) < 4.78 is 37.5. The molecule has 0 unspecified atom stereocenters. The van der Waals surface area contributed by atoms with Crippen LogP contribution in [0.1, 0.15) is 10.6 Å². The third kappa shape index (κ3) is 1.95. The number of nitrogens with zero attached hydrogens (tertiary/aromatic N) is 1. The van der Waals surface area contributed by atoms with Gasteiger partial charge in [0.25, 0.3) is 0 Å². The standard InChI is InChI=1S/C9H7F3N2S/c10-9(11,12)8-14-6-2-1-5(4-13)3-7(6)15-8/h1-3H,4,13H2. The van der Waals surface area contributed by atoms with Crippen LogP contribution in [-0.2, 0) is 12.7 Å². The fourth-order valence-corrected chi connectivity index (χ4v) is 2.11. The Morgan fingerprint density at radius 3 is 2.67 bits per heavy atom. The van der Waals surface area contributed by atoms with Gasteiger partial charge in [0, 0.05) is 6.54 Å². The van der Waals surface area contributed by atoms with Gasteiger partial charge in [0.15, 0.2) is 5.01 Å². The van der Waals surface area contributed by atoms with Crippen molar-refractivity contribution in [3.05, 3.63) is 28.8 Å². The van der Waals surface area contributed by atoms with Crippen molar-refractivity contribution >= 4 is 21.6 Å². The fourth-order valence-electron chi connectivity index (χ4n) is 1.22. The molecule has 0 bridgehead atoms. The summed E-state index contributed by atoms with van der Waals surface area (Å²) in [4.78, 5) is 3.51. The Hall–Kier alpha value is -1.14. The summed E-state index contributed by atoms with van der Waals surface area (Å²) in [7, 11) is 0. The molecule has 1 heterocycles. The van der Waals surface area contributed by atoms with Gasteiger partial charge in [-0.3, -0.25) is 0 Å². The van der Waals surface area contributed by atoms with Crippen molar-refractivity contribution in [2.24, 2.45) is 5.73 Å². The molecule has 0 aliphatic carbocycles. The molecule has 0 atom stereocenters. The van der Waals surface area contributed by atoms with Crippen LogP contribution in [-0.4, -0.2) is 4.98 Å². The Balaban J connectivity index is 2.56. The lowest BCUT2D eigenvalue weighted by Crippen LogP contribution is -2.03. The molecule has 2 rings (SSSR count). The smallest absolute Gasteiger partial charge is 0.326 e. The first kappa shape index (κ1) is 10.4. The summed E-state index contributed by atoms with van der Waals surface area (Å²) in [5.41, 5.74) is 6.57. The minimum Gasteiger partial charge on any atom is -0.326 e. The first-order chi connectivity index (χ1) is 7.00. The average molecular weight is 232 g/mol. The molecule has 6 heteroatoms. The van der Waals surface area contributed by atoms with Gasteiger partial charge in [-0.05, 0) is 17.7 Å². The molecule has 0 spiro atoms. The van der Waals surface area contributed by atoms with Gasteiger partial charge in [-0.1, -0.05) is 6.07 Å². The van der Waals surface area contributed by atoms with Gasteiger partial charge < -0.3 is 5.73 Å². The molecule has 1 aromatic carbocycles. The maximum absolute atomic E-state index is 12.3. The molecule has 15 heavy (non-hydrogen) atoms. The van der Waals surface area contributed by atoms with Crippen molar-refractivity contribution in [1.82, 2.24) is 4.98 Å². The van der Waals surface area contributed by atoms with E-state index in [1.807, 2.05) is 0 Å². The van der Waals surface area contributed by atoms with Crippen LogP contribution in [0.25, 0.3) is 10.2 Å². The summed E-state index contributed by atoms with van der Waals surface area (Å²) >= 11 is 0.642. The second-order valence-electron chi connectivity index (χ2n) is 3.02. The van der Waals surface area contributed by atoms with Crippen molar-refractivity contribution in [2.75, 3.05) is 0 Å². The quantitative estimate of drug-likeness (QED) is 0.821. The van der Waals surface area contributed by atoms with Crippen LogP contribution in [0.2, 0.25) is 0 Å². The summed E-state index contributed by atoms with van der Waals surface area (Å²) in [6, 6.07) is 4.88. The zero-order valence-corrected chi connectivity index (χ0v) is 8.32. The molecular formula is C9H7F3N2S. The van der Waals surface area contributed by atoms with Crippen LogP contribution in [0.5, 0.6) is 0 Å². The number of alkyl halides is 3. The summed E-state index contributed by atoms with van der Waals surface area (Å²) in [5, 5.41) is -0.813. The van der Waals surface area contributed by atoms with Crippen LogP contribution < -0.4 is 5.73 Å². The molecule has 0 aliphatic heterocycles. The van der Waals surface area contributed by atoms with E-state index in [2.05, 4.69) is 4.98 Å². The van der Waals surface area contributed by atoms with E-state index in [9.17, 15) is 13.2 Å². The van der Waals surface area contributed by atoms with Crippen molar-refractivity contribution in [2.45, 2.75) is 12.7 Å². The lowest BCUT2D eigenvalue weighted by Gasteiger charge is -1.98. The Labute approximate surface area is 87.5 Å². The van der Waals surface area contributed by atoms with Gasteiger partial charge in [-0.2, -0.15) is 13.2 Å². The van der Waals surface area contributed by atoms with E-state index in [1.54, 1.807) is 18.2 Å². The number of aromatic nitrogens is 1. The monoisotopic (exact) mass is 232 g/mol. The van der Waals surface area contributed by atoms with Crippen LogP contribution in [0.3, 0.4) is 0 Å². The molecule has 1 aromatic heterocycles. The van der Waals surface area contributed by atoms with Crippen molar-refractivity contribution in [3.63, 3.8) is 0 Å². The number of rotatable bonds is 1. The van der Waals surface area contributed by atoms with Gasteiger partial charge in [0.1, 0.15) is 0 Å². The number of benzene rings is 1. The van der Waals surface area contributed by atoms with E-state index in [-0.39, 0.29) is 0 Å². The molecule has 2 aromatic rings. The van der Waals surface area contributed by atoms with E-state index in [4.69, 9.17) is 5.73 Å². The second-order valence-corrected chi connectivity index (χ2v) is 4.05. The van der Waals surface area contributed by atoms with E-state index >= 15 is 0 Å². The molecule has 0 saturated carbocycles. The van der Waals surface area contributed by atoms with Gasteiger partial charge in [-0.15, -0.1) is 11.3 Å². The maximum atomic E-state index is 12.3. The summed E-state index contributed by atoms with van der Waals surface area (Å²) in [6.45, 7) is 0.315. The third-order valence-corrected chi connectivity index (χ3v) is 2.99. The highest BCUT2D eigenvalue weighted by atomic mass is 32.1. The zero-order chi connectivity index (χ0) is 11.1. The van der Waals surface area contributed by atoms with Crippen molar-refractivity contribution < 1.29 is 13.2 Å². The molecule has 0 radical (unpaired) electrons. The normalized spacial score (nSPS) is 12.3. The predicted octanol–water partition coefficient (Wildman–Crippen LogP) is 2.77. The maximum Gasteiger partial charge on any atom is 0.443 e. The molecule has 2 nitrogen and oxygen atoms in total. The first-order valence-electron chi connectivity index (χ1n) is 4.17. The lowest BCUT2D eigenvalue weighted by molar-refractivity contribution is -0.137. The molecule has 0 amide bonds. The topological polar surface area (TPSA) is 38.9 Å². The van der Waals surface area contributed by atoms with Crippen molar-refractivity contribution in [3.8, 4) is 0 Å². The Kier molecular flexibility index (Phi) is 2.40. The van der Waals surface area contributed by atoms with Crippen molar-refractivity contribution in [1.29, 1.82) is 0 Å². The third-order valence-electron chi connectivity index (χ3n) is 1.93. The van der Waals surface area contributed by atoms with E-state index in [1.165, 1.54) is 0 Å². The first-order valence-corrected chi connectivity index (χ1v) is 4.99. The number of hydrogen-bond acceptors (Lipinski definition) is 3. The minimum absolute atomic E-state index is 0.315. The van der Waals surface area contributed by atoms with Crippen LogP contribution in [0.15, 0.2) is 18.2 Å². The number of fused-ring (bicyclic) bond motifs is 1. The van der Waals surface area contributed by atoms with Gasteiger partial charge in [-0.25, -0.2) is 4.98 Å². The number of nitrogens with two attached hydrogens (primary N) is 1. The molecular weight excluding hydrogens is 225 g/mol. The highest BCUT2D eigenvalue weighted by Gasteiger charge is 2.34. The molecule has 80 valence electrons. The molecule has 0 saturated heterocycles. The largest absolute Gasteiger partial charge is 0.443 e. The van der Waals surface area contributed by atoms with Gasteiger partial charge >= 0.3 is 6.18 Å². The van der Waals surface area contributed by atoms with Crippen LogP contribution >= 0.6 is 11.3 Å². The number of thiazole rings is 1. The summed E-state index contributed by atoms with van der Waals surface area (Å²) in [6.07, 6.45) is -4.37. The highest BCUT2D eigenvalue weighted by Crippen LogP contribution is 2.35. The Bertz CT molecular complexity index is 490. The minimum atomic E-state index is -4.37. The lowest BCUT2D eigenvalue weighted by atomic mass is 10.2. The zero-order valence-electron chi connectivity index (χ0n) is 7.51. The van der Waals surface area contributed by atoms with Crippen LogP contribution in [0, 0.1) is 0 Å². The highest BCUT2D eigenvalue weighted by molar-refractivity contribution is 7.18.